The van der Waals surface area contributed by atoms with Crippen LogP contribution in [0, 0.1) is 0 Å². The second-order valence-electron chi connectivity index (χ2n) is 11.7. The Morgan fingerprint density at radius 1 is 0.958 bits per heavy atom. The summed E-state index contributed by atoms with van der Waals surface area (Å²) >= 11 is 0. The number of aromatic nitrogens is 4. The maximum atomic E-state index is 13.0. The monoisotopic (exact) mass is 660 g/mol. The number of carbonyl (C=O) groups excluding carboxylic acids is 1. The molecular formula is C34H31F3N6O5. The number of nitrogens with one attached hydrogen (secondary N) is 1. The summed E-state index contributed by atoms with van der Waals surface area (Å²) in [6.45, 7) is 0.694. The number of carbonyl (C=O) groups is 1. The Bertz CT molecular complexity index is 1840. The Morgan fingerprint density at radius 3 is 2.15 bits per heavy atom. The molecule has 7 rings (SSSR count). The largest absolute Gasteiger partial charge is 0.490 e. The molecule has 0 radical (unpaired) electrons. The van der Waals surface area contributed by atoms with Gasteiger partial charge in [-0.25, -0.2) is 9.78 Å². The van der Waals surface area contributed by atoms with Gasteiger partial charge in [0.05, 0.1) is 12.9 Å². The molecule has 0 saturated carbocycles. The Balaban J connectivity index is 1.26. The van der Waals surface area contributed by atoms with Crippen molar-refractivity contribution in [2.45, 2.75) is 49.7 Å². The number of aliphatic hydroxyl groups excluding tert-OH is 2. The van der Waals surface area contributed by atoms with Crippen LogP contribution < -0.4 is 10.2 Å². The molecule has 0 amide bonds. The molecular weight excluding hydrogens is 629 g/mol. The van der Waals surface area contributed by atoms with Crippen molar-refractivity contribution in [2.24, 2.45) is 0 Å². The van der Waals surface area contributed by atoms with Crippen molar-refractivity contribution in [3.8, 4) is 0 Å². The van der Waals surface area contributed by atoms with E-state index in [2.05, 4.69) is 39.3 Å². The third-order valence-electron chi connectivity index (χ3n) is 8.65. The van der Waals surface area contributed by atoms with Gasteiger partial charge in [0.2, 0.25) is 5.95 Å². The zero-order valence-corrected chi connectivity index (χ0v) is 25.4. The molecule has 0 bridgehead atoms. The lowest BCUT2D eigenvalue weighted by Gasteiger charge is -2.22. The number of fused-ring (bicyclic) bond motifs is 2. The maximum absolute atomic E-state index is 13.0. The molecule has 48 heavy (non-hydrogen) atoms. The number of nitrogens with zero attached hydrogens (tertiary/aromatic N) is 5. The lowest BCUT2D eigenvalue weighted by molar-refractivity contribution is -0.210. The lowest BCUT2D eigenvalue weighted by atomic mass is 9.91. The number of imidazole rings is 1. The quantitative estimate of drug-likeness (QED) is 0.196. The summed E-state index contributed by atoms with van der Waals surface area (Å²) in [6, 6.07) is 28.0. The summed E-state index contributed by atoms with van der Waals surface area (Å²) in [4.78, 5) is 27.8. The number of rotatable bonds is 9. The second-order valence-corrected chi connectivity index (χ2v) is 11.7. The first kappa shape index (κ1) is 31.5. The Labute approximate surface area is 272 Å². The van der Waals surface area contributed by atoms with Crippen molar-refractivity contribution in [3.05, 3.63) is 114 Å². The average molecular weight is 661 g/mol. The van der Waals surface area contributed by atoms with Crippen molar-refractivity contribution < 1.29 is 37.7 Å². The first-order valence-electron chi connectivity index (χ1n) is 15.3. The summed E-state index contributed by atoms with van der Waals surface area (Å²) in [6.07, 6.45) is -10.4. The minimum absolute atomic E-state index is 0.0617. The summed E-state index contributed by atoms with van der Waals surface area (Å²) in [5.41, 5.74) is 4.94. The van der Waals surface area contributed by atoms with Crippen molar-refractivity contribution in [1.82, 2.24) is 19.5 Å². The third kappa shape index (κ3) is 6.05. The molecule has 0 spiro atoms. The summed E-state index contributed by atoms with van der Waals surface area (Å²) < 4.78 is 50.7. The third-order valence-corrected chi connectivity index (χ3v) is 8.65. The molecule has 0 unspecified atom stereocenters. The fourth-order valence-corrected chi connectivity index (χ4v) is 6.26. The van der Waals surface area contributed by atoms with Crippen LogP contribution in [0.15, 0.2) is 91.3 Å². The summed E-state index contributed by atoms with van der Waals surface area (Å²) in [5.74, 6) is -1.81. The summed E-state index contributed by atoms with van der Waals surface area (Å²) in [5, 5.41) is 24.4. The van der Waals surface area contributed by atoms with Gasteiger partial charge in [-0.1, -0.05) is 84.9 Å². The standard InChI is InChI=1S/C34H31F3N6O5/c35-34(36,37)32(46)48-28-25(18-44)47-31(27(28)45)43-19-39-26-29(38-15-24(20-9-3-1-4-10-20)21-11-5-2-6-12-21)40-33(41-30(26)43)42-16-22-13-7-8-14-23(22)17-42/h1-14,19,24-25,27-28,31,44-45H,15-18H2,(H,38,40,41)/t25-,27-,28-,31-/m1/s1. The SMILES string of the molecule is O=C(O[C@H]1[C@@H](O)[C@H](n2cnc3c(NCC(c4ccccc4)c4ccccc4)nc(N4Cc5ccccc5C4)nc32)O[C@@H]1CO)C(F)(F)F. The molecule has 1 fully saturated rings. The Hall–Kier alpha value is -5.05. The predicted molar refractivity (Wildman–Crippen MR) is 168 cm³/mol. The van der Waals surface area contributed by atoms with Crippen molar-refractivity contribution >= 4 is 28.9 Å². The van der Waals surface area contributed by atoms with E-state index in [1.807, 2.05) is 65.6 Å². The van der Waals surface area contributed by atoms with E-state index in [4.69, 9.17) is 14.7 Å². The van der Waals surface area contributed by atoms with Gasteiger partial charge in [-0.05, 0) is 22.3 Å². The van der Waals surface area contributed by atoms with Crippen LogP contribution in [0.5, 0.6) is 0 Å². The van der Waals surface area contributed by atoms with E-state index in [9.17, 15) is 28.2 Å². The smallest absolute Gasteiger partial charge is 0.450 e. The first-order valence-corrected chi connectivity index (χ1v) is 15.3. The van der Waals surface area contributed by atoms with E-state index in [1.165, 1.54) is 10.9 Å². The van der Waals surface area contributed by atoms with Crippen molar-refractivity contribution in [3.63, 3.8) is 0 Å². The highest BCUT2D eigenvalue weighted by molar-refractivity contribution is 5.84. The van der Waals surface area contributed by atoms with Crippen LogP contribution >= 0.6 is 0 Å². The number of esters is 1. The molecule has 2 aliphatic rings. The molecule has 4 heterocycles. The highest BCUT2D eigenvalue weighted by Gasteiger charge is 2.51. The fraction of sp³-hybridized carbons (Fsp3) is 0.294. The predicted octanol–water partition coefficient (Wildman–Crippen LogP) is 4.32. The summed E-state index contributed by atoms with van der Waals surface area (Å²) in [7, 11) is 0. The Morgan fingerprint density at radius 2 is 1.56 bits per heavy atom. The molecule has 14 heteroatoms. The van der Waals surface area contributed by atoms with Gasteiger partial charge in [-0.3, -0.25) is 4.57 Å². The van der Waals surface area contributed by atoms with E-state index in [0.29, 0.717) is 36.9 Å². The van der Waals surface area contributed by atoms with Gasteiger partial charge < -0.3 is 29.9 Å². The highest BCUT2D eigenvalue weighted by atomic mass is 19.4. The average Bonchev–Trinajstić information content (AvgIpc) is 3.80. The first-order chi connectivity index (χ1) is 23.2. The molecule has 0 aliphatic carbocycles. The van der Waals surface area contributed by atoms with E-state index < -0.39 is 43.3 Å². The van der Waals surface area contributed by atoms with E-state index >= 15 is 0 Å². The van der Waals surface area contributed by atoms with Crippen LogP contribution in [0.2, 0.25) is 0 Å². The number of anilines is 2. The molecule has 4 atom stereocenters. The number of halogens is 3. The fourth-order valence-electron chi connectivity index (χ4n) is 6.26. The maximum Gasteiger partial charge on any atom is 0.490 e. The van der Waals surface area contributed by atoms with Gasteiger partial charge in [-0.15, -0.1) is 0 Å². The molecule has 2 aromatic heterocycles. The minimum Gasteiger partial charge on any atom is -0.450 e. The van der Waals surface area contributed by atoms with Crippen LogP contribution in [0.4, 0.5) is 24.9 Å². The van der Waals surface area contributed by atoms with Gasteiger partial charge in [0, 0.05) is 25.6 Å². The zero-order valence-electron chi connectivity index (χ0n) is 25.4. The topological polar surface area (TPSA) is 135 Å². The van der Waals surface area contributed by atoms with E-state index in [0.717, 1.165) is 22.3 Å². The van der Waals surface area contributed by atoms with Crippen LogP contribution in [0.3, 0.4) is 0 Å². The van der Waals surface area contributed by atoms with Crippen LogP contribution in [-0.4, -0.2) is 73.3 Å². The van der Waals surface area contributed by atoms with Gasteiger partial charge >= 0.3 is 12.1 Å². The van der Waals surface area contributed by atoms with E-state index in [-0.39, 0.29) is 11.6 Å². The minimum atomic E-state index is -5.30. The van der Waals surface area contributed by atoms with E-state index in [1.54, 1.807) is 0 Å². The molecule has 2 aliphatic heterocycles. The number of aliphatic hydroxyl groups is 2. The van der Waals surface area contributed by atoms with Gasteiger partial charge in [-0.2, -0.15) is 23.1 Å². The zero-order chi connectivity index (χ0) is 33.4. The normalized spacial score (nSPS) is 20.8. The van der Waals surface area contributed by atoms with Crippen molar-refractivity contribution in [2.75, 3.05) is 23.4 Å². The molecule has 3 N–H and O–H groups in total. The van der Waals surface area contributed by atoms with Crippen molar-refractivity contribution in [1.29, 1.82) is 0 Å². The van der Waals surface area contributed by atoms with Crippen LogP contribution in [0.1, 0.15) is 34.4 Å². The van der Waals surface area contributed by atoms with Gasteiger partial charge in [0.1, 0.15) is 12.2 Å². The molecule has 248 valence electrons. The molecule has 11 nitrogen and oxygen atoms in total. The lowest BCUT2D eigenvalue weighted by Crippen LogP contribution is -2.41. The van der Waals surface area contributed by atoms with Gasteiger partial charge in [0.15, 0.2) is 29.3 Å². The molecule has 1 saturated heterocycles. The second kappa shape index (κ2) is 12.9. The number of hydrogen-bond donors (Lipinski definition) is 3. The number of hydrogen-bond acceptors (Lipinski definition) is 10. The number of ether oxygens (including phenoxy) is 2. The molecule has 5 aromatic rings. The number of alkyl halides is 3. The molecule has 3 aromatic carbocycles. The van der Waals surface area contributed by atoms with Crippen LogP contribution in [0.25, 0.3) is 11.2 Å². The Kier molecular flexibility index (Phi) is 8.45. The number of benzene rings is 3. The highest BCUT2D eigenvalue weighted by Crippen LogP contribution is 2.37. The van der Waals surface area contributed by atoms with Crippen LogP contribution in [-0.2, 0) is 27.4 Å². The van der Waals surface area contributed by atoms with Gasteiger partial charge in [0.25, 0.3) is 0 Å².